The second-order valence-electron chi connectivity index (χ2n) is 11.9. The quantitative estimate of drug-likeness (QED) is 0.539. The molecule has 4 aliphatic carbocycles. The Labute approximate surface area is 183 Å². The number of rotatable bonds is 4. The summed E-state index contributed by atoms with van der Waals surface area (Å²) in [6.45, 7) is 7.44. The zero-order chi connectivity index (χ0) is 20.9. The highest BCUT2D eigenvalue weighted by atomic mass is 15.3. The Bertz CT molecular complexity index is 790. The Morgan fingerprint density at radius 3 is 2.77 bits per heavy atom. The number of hydrogen-bond acceptors (Lipinski definition) is 2. The van der Waals surface area contributed by atoms with Gasteiger partial charge in [-0.3, -0.25) is 4.68 Å². The largest absolute Gasteiger partial charge is 0.269 e. The average Bonchev–Trinajstić information content (AvgIpc) is 3.36. The molecular formula is C27H41N3. The zero-order valence-corrected chi connectivity index (χ0v) is 19.4. The number of nitrogens with zero attached hydrogens (tertiary/aromatic N) is 3. The summed E-state index contributed by atoms with van der Waals surface area (Å²) < 4.78 is 2.01. The molecule has 4 aliphatic rings. The van der Waals surface area contributed by atoms with Gasteiger partial charge >= 0.3 is 0 Å². The SMILES string of the molecule is CC1CC[C@@H]2C3CCC4(C)C(CCC(C)n5cc(C#N)cn5)CCC4C3CC[C@@H]2C1. The first kappa shape index (κ1) is 20.6. The molecule has 0 spiro atoms. The zero-order valence-electron chi connectivity index (χ0n) is 19.4. The van der Waals surface area contributed by atoms with Crippen molar-refractivity contribution in [2.75, 3.05) is 0 Å². The molecule has 5 rings (SSSR count). The molecule has 0 N–H and O–H groups in total. The van der Waals surface area contributed by atoms with Crippen molar-refractivity contribution in [3.05, 3.63) is 18.0 Å². The van der Waals surface area contributed by atoms with E-state index in [-0.39, 0.29) is 0 Å². The second kappa shape index (κ2) is 7.99. The minimum absolute atomic E-state index is 0.394. The van der Waals surface area contributed by atoms with Gasteiger partial charge in [-0.05, 0) is 118 Å². The summed E-state index contributed by atoms with van der Waals surface area (Å²) >= 11 is 0. The smallest absolute Gasteiger partial charge is 0.102 e. The molecule has 9 atom stereocenters. The summed E-state index contributed by atoms with van der Waals surface area (Å²) in [5, 5.41) is 13.5. The fourth-order valence-corrected chi connectivity index (χ4v) is 8.88. The molecule has 1 aromatic heterocycles. The van der Waals surface area contributed by atoms with Gasteiger partial charge in [0.15, 0.2) is 0 Å². The number of aromatic nitrogens is 2. The first-order valence-electron chi connectivity index (χ1n) is 12.9. The van der Waals surface area contributed by atoms with E-state index in [1.807, 2.05) is 10.9 Å². The number of fused-ring (bicyclic) bond motifs is 5. The van der Waals surface area contributed by atoms with E-state index in [0.717, 1.165) is 41.4 Å². The van der Waals surface area contributed by atoms with Crippen LogP contribution in [0.25, 0.3) is 0 Å². The molecule has 30 heavy (non-hydrogen) atoms. The molecular weight excluding hydrogens is 366 g/mol. The van der Waals surface area contributed by atoms with Gasteiger partial charge in [-0.2, -0.15) is 10.4 Å². The molecule has 0 radical (unpaired) electrons. The Kier molecular flexibility index (Phi) is 5.49. The lowest BCUT2D eigenvalue weighted by atomic mass is 9.49. The van der Waals surface area contributed by atoms with Crippen molar-refractivity contribution in [2.45, 2.75) is 97.4 Å². The van der Waals surface area contributed by atoms with Gasteiger partial charge in [-0.25, -0.2) is 0 Å². The van der Waals surface area contributed by atoms with Crippen LogP contribution in [0.2, 0.25) is 0 Å². The lowest BCUT2D eigenvalue weighted by Gasteiger charge is -2.56. The normalized spacial score (nSPS) is 43.9. The van der Waals surface area contributed by atoms with Gasteiger partial charge in [0.05, 0.1) is 11.8 Å². The molecule has 0 amide bonds. The standard InChI is InChI=1S/C27H41N3/c1-18-4-9-23-21(14-18)6-10-25-24(23)12-13-27(3)22(8-11-26(25)27)7-5-19(2)30-17-20(15-28)16-29-30/h16-19,21-26H,4-14H2,1-3H3/t18?,19?,21-,22?,23+,24?,25?,26?,27?/m1/s1. The Morgan fingerprint density at radius 2 is 1.97 bits per heavy atom. The first-order chi connectivity index (χ1) is 14.5. The van der Waals surface area contributed by atoms with Gasteiger partial charge in [0.25, 0.3) is 0 Å². The van der Waals surface area contributed by atoms with Crippen molar-refractivity contribution in [3.8, 4) is 6.07 Å². The molecule has 0 bridgehead atoms. The highest BCUT2D eigenvalue weighted by Crippen LogP contribution is 2.65. The van der Waals surface area contributed by atoms with Crippen LogP contribution in [-0.2, 0) is 0 Å². The number of hydrogen-bond donors (Lipinski definition) is 0. The molecule has 164 valence electrons. The molecule has 0 aromatic carbocycles. The Morgan fingerprint density at radius 1 is 1.13 bits per heavy atom. The molecule has 4 saturated carbocycles. The third-order valence-corrected chi connectivity index (χ3v) is 10.5. The van der Waals surface area contributed by atoms with Gasteiger partial charge in [-0.1, -0.05) is 20.3 Å². The highest BCUT2D eigenvalue weighted by Gasteiger charge is 2.56. The molecule has 3 heteroatoms. The molecule has 7 unspecified atom stereocenters. The van der Waals surface area contributed by atoms with E-state index in [1.54, 1.807) is 6.20 Å². The van der Waals surface area contributed by atoms with E-state index < -0.39 is 0 Å². The van der Waals surface area contributed by atoms with Crippen LogP contribution in [0.15, 0.2) is 12.4 Å². The summed E-state index contributed by atoms with van der Waals surface area (Å²) in [4.78, 5) is 0. The maximum absolute atomic E-state index is 9.08. The van der Waals surface area contributed by atoms with Gasteiger partial charge in [-0.15, -0.1) is 0 Å². The van der Waals surface area contributed by atoms with E-state index >= 15 is 0 Å². The van der Waals surface area contributed by atoms with E-state index in [4.69, 9.17) is 5.26 Å². The second-order valence-corrected chi connectivity index (χ2v) is 11.9. The molecule has 1 heterocycles. The number of nitriles is 1. The van der Waals surface area contributed by atoms with Gasteiger partial charge in [0.2, 0.25) is 0 Å². The van der Waals surface area contributed by atoms with Crippen LogP contribution in [0.5, 0.6) is 0 Å². The van der Waals surface area contributed by atoms with Crippen LogP contribution in [-0.4, -0.2) is 9.78 Å². The fraction of sp³-hybridized carbons (Fsp3) is 0.852. The van der Waals surface area contributed by atoms with Gasteiger partial charge < -0.3 is 0 Å². The lowest BCUT2D eigenvalue weighted by molar-refractivity contribution is -0.0682. The summed E-state index contributed by atoms with van der Waals surface area (Å²) in [6, 6.07) is 2.60. The molecule has 3 nitrogen and oxygen atoms in total. The maximum Gasteiger partial charge on any atom is 0.102 e. The highest BCUT2D eigenvalue weighted by molar-refractivity contribution is 5.21. The minimum atomic E-state index is 0.394. The average molecular weight is 408 g/mol. The van der Waals surface area contributed by atoms with Crippen LogP contribution in [0.1, 0.15) is 103 Å². The molecule has 1 aromatic rings. The monoisotopic (exact) mass is 407 g/mol. The van der Waals surface area contributed by atoms with Crippen molar-refractivity contribution < 1.29 is 0 Å². The van der Waals surface area contributed by atoms with E-state index in [2.05, 4.69) is 31.9 Å². The van der Waals surface area contributed by atoms with E-state index in [1.165, 1.54) is 70.6 Å². The lowest BCUT2D eigenvalue weighted by Crippen LogP contribution is -2.48. The van der Waals surface area contributed by atoms with E-state index in [9.17, 15) is 0 Å². The predicted molar refractivity (Wildman–Crippen MR) is 121 cm³/mol. The Hall–Kier alpha value is -1.30. The van der Waals surface area contributed by atoms with Gasteiger partial charge in [0, 0.05) is 12.2 Å². The topological polar surface area (TPSA) is 41.6 Å². The van der Waals surface area contributed by atoms with Crippen LogP contribution in [0, 0.1) is 58.2 Å². The van der Waals surface area contributed by atoms with Crippen molar-refractivity contribution >= 4 is 0 Å². The van der Waals surface area contributed by atoms with Gasteiger partial charge in [0.1, 0.15) is 6.07 Å². The van der Waals surface area contributed by atoms with Crippen LogP contribution < -0.4 is 0 Å². The summed E-state index contributed by atoms with van der Waals surface area (Å²) in [5.74, 6) is 7.08. The van der Waals surface area contributed by atoms with Crippen LogP contribution in [0.3, 0.4) is 0 Å². The first-order valence-corrected chi connectivity index (χ1v) is 12.9. The van der Waals surface area contributed by atoms with Crippen molar-refractivity contribution in [1.82, 2.24) is 9.78 Å². The maximum atomic E-state index is 9.08. The summed E-state index contributed by atoms with van der Waals surface area (Å²) in [5.41, 5.74) is 1.26. The third kappa shape index (κ3) is 3.43. The molecule has 0 aliphatic heterocycles. The van der Waals surface area contributed by atoms with Crippen molar-refractivity contribution in [3.63, 3.8) is 0 Å². The third-order valence-electron chi connectivity index (χ3n) is 10.5. The van der Waals surface area contributed by atoms with Crippen molar-refractivity contribution in [1.29, 1.82) is 5.26 Å². The fourth-order valence-electron chi connectivity index (χ4n) is 8.88. The molecule has 4 fully saturated rings. The summed E-state index contributed by atoms with van der Waals surface area (Å²) in [7, 11) is 0. The predicted octanol–water partition coefficient (Wildman–Crippen LogP) is 7.00. The van der Waals surface area contributed by atoms with E-state index in [0.29, 0.717) is 17.0 Å². The molecule has 0 saturated heterocycles. The minimum Gasteiger partial charge on any atom is -0.269 e. The van der Waals surface area contributed by atoms with Crippen molar-refractivity contribution in [2.24, 2.45) is 46.8 Å². The van der Waals surface area contributed by atoms with Crippen LogP contribution >= 0.6 is 0 Å². The van der Waals surface area contributed by atoms with Crippen LogP contribution in [0.4, 0.5) is 0 Å². The Balaban J connectivity index is 1.23. The summed E-state index contributed by atoms with van der Waals surface area (Å²) in [6.07, 6.45) is 19.7.